The van der Waals surface area contributed by atoms with Gasteiger partial charge in [-0.25, -0.2) is 4.39 Å². The third kappa shape index (κ3) is 4.14. The summed E-state index contributed by atoms with van der Waals surface area (Å²) >= 11 is 0. The van der Waals surface area contributed by atoms with Gasteiger partial charge < -0.3 is 9.64 Å². The van der Waals surface area contributed by atoms with Crippen molar-refractivity contribution in [2.24, 2.45) is 5.92 Å². The molecular formula is C23H24FNO3. The maximum absolute atomic E-state index is 13.4. The number of anilines is 1. The van der Waals surface area contributed by atoms with E-state index in [1.165, 1.54) is 12.1 Å². The lowest BCUT2D eigenvalue weighted by Crippen LogP contribution is -2.34. The number of ketones is 1. The molecule has 0 fully saturated rings. The molecule has 2 atom stereocenters. The normalized spacial score (nSPS) is 19.1. The summed E-state index contributed by atoms with van der Waals surface area (Å²) < 4.78 is 18.5. The van der Waals surface area contributed by atoms with Crippen LogP contribution in [0.5, 0.6) is 0 Å². The van der Waals surface area contributed by atoms with E-state index in [1.807, 2.05) is 43.3 Å². The van der Waals surface area contributed by atoms with Gasteiger partial charge in [0.25, 0.3) is 0 Å². The van der Waals surface area contributed by atoms with Gasteiger partial charge in [-0.1, -0.05) is 24.3 Å². The molecule has 0 radical (unpaired) electrons. The SMILES string of the molecule is CCOC(=O)[C@@H]1C(=O)C=C(c2ccc(N(C)C)cc2)C[C@@H]1c1ccc(F)cc1. The van der Waals surface area contributed by atoms with E-state index in [-0.39, 0.29) is 24.1 Å². The largest absolute Gasteiger partial charge is 0.465 e. The summed E-state index contributed by atoms with van der Waals surface area (Å²) in [6.45, 7) is 1.92. The van der Waals surface area contributed by atoms with Crippen LogP contribution in [0.2, 0.25) is 0 Å². The molecule has 1 aliphatic rings. The predicted octanol–water partition coefficient (Wildman–Crippen LogP) is 4.21. The Labute approximate surface area is 164 Å². The first-order valence-corrected chi connectivity index (χ1v) is 9.35. The first-order chi connectivity index (χ1) is 13.4. The molecule has 0 heterocycles. The predicted molar refractivity (Wildman–Crippen MR) is 108 cm³/mol. The summed E-state index contributed by atoms with van der Waals surface area (Å²) in [6.07, 6.45) is 2.05. The number of esters is 1. The van der Waals surface area contributed by atoms with Gasteiger partial charge in [-0.2, -0.15) is 0 Å². The zero-order valence-electron chi connectivity index (χ0n) is 16.3. The average Bonchev–Trinajstić information content (AvgIpc) is 2.68. The second-order valence-corrected chi connectivity index (χ2v) is 7.11. The van der Waals surface area contributed by atoms with Gasteiger partial charge in [-0.05, 0) is 60.4 Å². The van der Waals surface area contributed by atoms with Crippen LogP contribution in [0, 0.1) is 11.7 Å². The van der Waals surface area contributed by atoms with Crippen molar-refractivity contribution in [3.63, 3.8) is 0 Å². The van der Waals surface area contributed by atoms with Crippen LogP contribution in [-0.4, -0.2) is 32.5 Å². The fraction of sp³-hybridized carbons (Fsp3) is 0.304. The van der Waals surface area contributed by atoms with E-state index in [0.29, 0.717) is 6.42 Å². The third-order valence-electron chi connectivity index (χ3n) is 5.06. The Kier molecular flexibility index (Phi) is 5.93. The highest BCUT2D eigenvalue weighted by molar-refractivity contribution is 6.10. The second-order valence-electron chi connectivity index (χ2n) is 7.11. The summed E-state index contributed by atoms with van der Waals surface area (Å²) in [5, 5.41) is 0. The Morgan fingerprint density at radius 1 is 1.11 bits per heavy atom. The molecule has 28 heavy (non-hydrogen) atoms. The van der Waals surface area contributed by atoms with Gasteiger partial charge in [0.1, 0.15) is 11.7 Å². The molecule has 1 aliphatic carbocycles. The molecule has 0 amide bonds. The first-order valence-electron chi connectivity index (χ1n) is 9.35. The monoisotopic (exact) mass is 381 g/mol. The Balaban J connectivity index is 1.98. The third-order valence-corrected chi connectivity index (χ3v) is 5.06. The Morgan fingerprint density at radius 2 is 1.75 bits per heavy atom. The van der Waals surface area contributed by atoms with E-state index >= 15 is 0 Å². The number of rotatable bonds is 5. The van der Waals surface area contributed by atoms with Crippen LogP contribution in [0.4, 0.5) is 10.1 Å². The Hall–Kier alpha value is -2.95. The zero-order valence-corrected chi connectivity index (χ0v) is 16.3. The number of nitrogens with zero attached hydrogens (tertiary/aromatic N) is 1. The molecule has 0 saturated heterocycles. The van der Waals surface area contributed by atoms with Crippen LogP contribution in [0.1, 0.15) is 30.4 Å². The molecule has 0 N–H and O–H groups in total. The smallest absolute Gasteiger partial charge is 0.317 e. The molecule has 146 valence electrons. The lowest BCUT2D eigenvalue weighted by molar-refractivity contribution is -0.151. The van der Waals surface area contributed by atoms with Crippen molar-refractivity contribution in [3.8, 4) is 0 Å². The maximum Gasteiger partial charge on any atom is 0.317 e. The molecule has 4 nitrogen and oxygen atoms in total. The molecule has 0 unspecified atom stereocenters. The number of carbonyl (C=O) groups is 2. The minimum absolute atomic E-state index is 0.210. The minimum Gasteiger partial charge on any atom is -0.465 e. The summed E-state index contributed by atoms with van der Waals surface area (Å²) in [7, 11) is 3.93. The summed E-state index contributed by atoms with van der Waals surface area (Å²) in [6, 6.07) is 13.9. The topological polar surface area (TPSA) is 46.6 Å². The fourth-order valence-electron chi connectivity index (χ4n) is 3.58. The van der Waals surface area contributed by atoms with Crippen molar-refractivity contribution in [1.29, 1.82) is 0 Å². The van der Waals surface area contributed by atoms with Crippen LogP contribution in [0.3, 0.4) is 0 Å². The van der Waals surface area contributed by atoms with Crippen molar-refractivity contribution >= 4 is 23.0 Å². The van der Waals surface area contributed by atoms with Gasteiger partial charge in [0.15, 0.2) is 5.78 Å². The van der Waals surface area contributed by atoms with Crippen LogP contribution in [0.25, 0.3) is 5.57 Å². The minimum atomic E-state index is -0.907. The molecule has 5 heteroatoms. The van der Waals surface area contributed by atoms with Crippen LogP contribution < -0.4 is 4.90 Å². The van der Waals surface area contributed by atoms with Crippen LogP contribution in [-0.2, 0) is 14.3 Å². The van der Waals surface area contributed by atoms with Crippen molar-refractivity contribution in [2.45, 2.75) is 19.3 Å². The average molecular weight is 381 g/mol. The van der Waals surface area contributed by atoms with Crippen molar-refractivity contribution in [2.75, 3.05) is 25.6 Å². The quantitative estimate of drug-likeness (QED) is 0.575. The summed E-state index contributed by atoms with van der Waals surface area (Å²) in [5.74, 6) is -2.45. The highest BCUT2D eigenvalue weighted by atomic mass is 19.1. The molecule has 0 aliphatic heterocycles. The standard InChI is InChI=1S/C23H24FNO3/c1-4-28-23(27)22-20(16-5-9-18(24)10-6-16)13-17(14-21(22)26)15-7-11-19(12-8-15)25(2)3/h5-12,14,20,22H,4,13H2,1-3H3/t20-,22+/m1/s1. The first kappa shape index (κ1) is 19.8. The molecule has 0 aromatic heterocycles. The Bertz CT molecular complexity index is 885. The van der Waals surface area contributed by atoms with E-state index < -0.39 is 11.9 Å². The van der Waals surface area contributed by atoms with E-state index in [4.69, 9.17) is 4.74 Å². The fourth-order valence-corrected chi connectivity index (χ4v) is 3.58. The van der Waals surface area contributed by atoms with Crippen molar-refractivity contribution < 1.29 is 18.7 Å². The van der Waals surface area contributed by atoms with Crippen LogP contribution >= 0.6 is 0 Å². The lowest BCUT2D eigenvalue weighted by Gasteiger charge is -2.29. The molecule has 0 spiro atoms. The number of allylic oxidation sites excluding steroid dienone is 2. The van der Waals surface area contributed by atoms with Gasteiger partial charge in [-0.15, -0.1) is 0 Å². The van der Waals surface area contributed by atoms with E-state index in [1.54, 1.807) is 25.1 Å². The summed E-state index contributed by atoms with van der Waals surface area (Å²) in [4.78, 5) is 27.3. The zero-order chi connectivity index (χ0) is 20.3. The van der Waals surface area contributed by atoms with Gasteiger partial charge in [0.2, 0.25) is 0 Å². The highest BCUT2D eigenvalue weighted by Gasteiger charge is 2.39. The molecule has 2 aromatic rings. The number of benzene rings is 2. The van der Waals surface area contributed by atoms with E-state index in [2.05, 4.69) is 0 Å². The number of carbonyl (C=O) groups excluding carboxylic acids is 2. The molecule has 2 aromatic carbocycles. The molecular weight excluding hydrogens is 357 g/mol. The molecule has 0 saturated carbocycles. The number of halogens is 1. The Morgan fingerprint density at radius 3 is 2.32 bits per heavy atom. The highest BCUT2D eigenvalue weighted by Crippen LogP contribution is 2.40. The van der Waals surface area contributed by atoms with Crippen molar-refractivity contribution in [1.82, 2.24) is 0 Å². The molecule has 3 rings (SSSR count). The van der Waals surface area contributed by atoms with Gasteiger partial charge in [-0.3, -0.25) is 9.59 Å². The lowest BCUT2D eigenvalue weighted by atomic mass is 9.73. The van der Waals surface area contributed by atoms with Gasteiger partial charge in [0.05, 0.1) is 6.61 Å². The molecule has 0 bridgehead atoms. The number of hydrogen-bond donors (Lipinski definition) is 0. The number of hydrogen-bond acceptors (Lipinski definition) is 4. The number of ether oxygens (including phenoxy) is 1. The van der Waals surface area contributed by atoms with E-state index in [9.17, 15) is 14.0 Å². The van der Waals surface area contributed by atoms with Crippen LogP contribution in [0.15, 0.2) is 54.6 Å². The summed E-state index contributed by atoms with van der Waals surface area (Å²) in [5.41, 5.74) is 3.62. The van der Waals surface area contributed by atoms with Crippen molar-refractivity contribution in [3.05, 3.63) is 71.6 Å². The second kappa shape index (κ2) is 8.38. The van der Waals surface area contributed by atoms with Gasteiger partial charge >= 0.3 is 5.97 Å². The van der Waals surface area contributed by atoms with Gasteiger partial charge in [0, 0.05) is 25.7 Å². The van der Waals surface area contributed by atoms with E-state index in [0.717, 1.165) is 22.4 Å². The maximum atomic E-state index is 13.4.